The van der Waals surface area contributed by atoms with Crippen molar-refractivity contribution >= 4 is 33.2 Å². The summed E-state index contributed by atoms with van der Waals surface area (Å²) in [5.41, 5.74) is 0. The molecule has 0 saturated carbocycles. The zero-order chi connectivity index (χ0) is 13.9. The lowest BCUT2D eigenvalue weighted by atomic mass is 10.1. The summed E-state index contributed by atoms with van der Waals surface area (Å²) < 4.78 is 6.06. The highest BCUT2D eigenvalue weighted by Gasteiger charge is 2.23. The number of halogens is 1. The number of hydrogen-bond acceptors (Lipinski definition) is 4. The predicted octanol–water partition coefficient (Wildman–Crippen LogP) is 2.57. The summed E-state index contributed by atoms with van der Waals surface area (Å²) in [6, 6.07) is -0.0895. The van der Waals surface area contributed by atoms with E-state index in [0.29, 0.717) is 10.6 Å². The second kappa shape index (κ2) is 6.54. The van der Waals surface area contributed by atoms with Crippen LogP contribution < -0.4 is 10.1 Å². The molecule has 102 valence electrons. The molecular formula is C12H18BrNO3S. The molecule has 2 N–H and O–H groups in total. The number of nitrogens with one attached hydrogen (secondary N) is 1. The number of hydrogen-bond donors (Lipinski definition) is 2. The molecule has 1 aromatic rings. The summed E-state index contributed by atoms with van der Waals surface area (Å²) >= 11 is 4.79. The Bertz CT molecular complexity index is 433. The zero-order valence-electron chi connectivity index (χ0n) is 10.9. The summed E-state index contributed by atoms with van der Waals surface area (Å²) in [4.78, 5) is 13.7. The molecule has 0 aliphatic heterocycles. The second-order valence-electron chi connectivity index (χ2n) is 4.26. The average molecular weight is 336 g/mol. The van der Waals surface area contributed by atoms with Gasteiger partial charge in [-0.25, -0.2) is 0 Å². The van der Waals surface area contributed by atoms with Crippen molar-refractivity contribution in [2.24, 2.45) is 5.92 Å². The minimum absolute atomic E-state index is 0.0180. The van der Waals surface area contributed by atoms with Crippen molar-refractivity contribution in [2.75, 3.05) is 13.7 Å². The van der Waals surface area contributed by atoms with E-state index >= 15 is 0 Å². The maximum Gasteiger partial charge on any atom is 0.265 e. The highest BCUT2D eigenvalue weighted by Crippen LogP contribution is 2.39. The minimum Gasteiger partial charge on any atom is -0.494 e. The lowest BCUT2D eigenvalue weighted by Gasteiger charge is -2.19. The third-order valence-electron chi connectivity index (χ3n) is 2.88. The fourth-order valence-corrected chi connectivity index (χ4v) is 3.06. The van der Waals surface area contributed by atoms with Gasteiger partial charge in [0.25, 0.3) is 5.91 Å². The molecule has 0 spiro atoms. The molecular weight excluding hydrogens is 318 g/mol. The number of rotatable bonds is 5. The van der Waals surface area contributed by atoms with Gasteiger partial charge in [-0.3, -0.25) is 4.79 Å². The largest absolute Gasteiger partial charge is 0.494 e. The minimum atomic E-state index is -0.168. The van der Waals surface area contributed by atoms with E-state index < -0.39 is 0 Å². The molecule has 0 aliphatic carbocycles. The van der Waals surface area contributed by atoms with Crippen LogP contribution in [-0.2, 0) is 0 Å². The van der Waals surface area contributed by atoms with E-state index in [4.69, 9.17) is 9.84 Å². The first-order chi connectivity index (χ1) is 8.42. The number of methoxy groups -OCH3 is 1. The van der Waals surface area contributed by atoms with Gasteiger partial charge in [0.05, 0.1) is 11.6 Å². The zero-order valence-corrected chi connectivity index (χ0v) is 13.3. The number of carbonyl (C=O) groups excluding carboxylic acids is 1. The summed E-state index contributed by atoms with van der Waals surface area (Å²) in [5, 5.41) is 11.9. The van der Waals surface area contributed by atoms with Crippen molar-refractivity contribution in [1.82, 2.24) is 5.32 Å². The van der Waals surface area contributed by atoms with E-state index in [1.54, 1.807) is 7.11 Å². The Labute approximate surface area is 119 Å². The number of ether oxygens (including phenoxy) is 1. The first-order valence-electron chi connectivity index (χ1n) is 5.66. The topological polar surface area (TPSA) is 58.6 Å². The Kier molecular flexibility index (Phi) is 5.62. The Morgan fingerprint density at radius 3 is 2.67 bits per heavy atom. The molecule has 0 aromatic carbocycles. The van der Waals surface area contributed by atoms with Crippen molar-refractivity contribution in [3.63, 3.8) is 0 Å². The van der Waals surface area contributed by atoms with Crippen molar-refractivity contribution < 1.29 is 14.6 Å². The Morgan fingerprint density at radius 1 is 1.56 bits per heavy atom. The molecule has 1 amide bonds. The SMILES string of the molecule is COc1c(C(=O)NC(C)C(C)CO)sc(C)c1Br. The smallest absolute Gasteiger partial charge is 0.265 e. The Balaban J connectivity index is 2.88. The molecule has 2 unspecified atom stereocenters. The molecule has 1 aromatic heterocycles. The average Bonchev–Trinajstić information content (AvgIpc) is 2.64. The first kappa shape index (κ1) is 15.5. The third-order valence-corrected chi connectivity index (χ3v) is 5.18. The molecule has 0 saturated heterocycles. The van der Waals surface area contributed by atoms with Gasteiger partial charge in [0, 0.05) is 17.5 Å². The van der Waals surface area contributed by atoms with Gasteiger partial charge in [-0.1, -0.05) is 6.92 Å². The van der Waals surface area contributed by atoms with Crippen LogP contribution in [-0.4, -0.2) is 30.8 Å². The molecule has 0 bridgehead atoms. The van der Waals surface area contributed by atoms with Gasteiger partial charge < -0.3 is 15.2 Å². The van der Waals surface area contributed by atoms with Crippen LogP contribution in [0, 0.1) is 12.8 Å². The third kappa shape index (κ3) is 3.24. The normalized spacial score (nSPS) is 14.1. The van der Waals surface area contributed by atoms with Gasteiger partial charge in [-0.2, -0.15) is 0 Å². The van der Waals surface area contributed by atoms with Crippen molar-refractivity contribution in [3.8, 4) is 5.75 Å². The molecule has 1 rings (SSSR count). The van der Waals surface area contributed by atoms with Gasteiger partial charge in [0.1, 0.15) is 4.88 Å². The van der Waals surface area contributed by atoms with Crippen molar-refractivity contribution in [3.05, 3.63) is 14.2 Å². The van der Waals surface area contributed by atoms with Crippen LogP contribution in [0.2, 0.25) is 0 Å². The Hall–Kier alpha value is -0.590. The number of aryl methyl sites for hydroxylation is 1. The van der Waals surface area contributed by atoms with E-state index in [1.165, 1.54) is 11.3 Å². The summed E-state index contributed by atoms with van der Waals surface area (Å²) in [6.45, 7) is 5.73. The van der Waals surface area contributed by atoms with Gasteiger partial charge in [-0.15, -0.1) is 11.3 Å². The molecule has 2 atom stereocenters. The molecule has 18 heavy (non-hydrogen) atoms. The fraction of sp³-hybridized carbons (Fsp3) is 0.583. The number of carbonyl (C=O) groups is 1. The highest BCUT2D eigenvalue weighted by molar-refractivity contribution is 9.10. The number of aliphatic hydroxyl groups excluding tert-OH is 1. The summed E-state index contributed by atoms with van der Waals surface area (Å²) in [5.74, 6) is 0.418. The van der Waals surface area contributed by atoms with E-state index in [-0.39, 0.29) is 24.5 Å². The van der Waals surface area contributed by atoms with Crippen LogP contribution in [0.1, 0.15) is 28.4 Å². The maximum atomic E-state index is 12.1. The van der Waals surface area contributed by atoms with E-state index in [1.807, 2.05) is 20.8 Å². The first-order valence-corrected chi connectivity index (χ1v) is 7.27. The van der Waals surface area contributed by atoms with Crippen LogP contribution >= 0.6 is 27.3 Å². The Morgan fingerprint density at radius 2 is 2.17 bits per heavy atom. The number of aliphatic hydroxyl groups is 1. The lowest BCUT2D eigenvalue weighted by Crippen LogP contribution is -2.38. The monoisotopic (exact) mass is 335 g/mol. The molecule has 4 nitrogen and oxygen atoms in total. The second-order valence-corrected chi connectivity index (χ2v) is 6.27. The van der Waals surface area contributed by atoms with Crippen molar-refractivity contribution in [1.29, 1.82) is 0 Å². The van der Waals surface area contributed by atoms with Crippen LogP contribution in [0.5, 0.6) is 5.75 Å². The predicted molar refractivity (Wildman–Crippen MR) is 76.5 cm³/mol. The van der Waals surface area contributed by atoms with E-state index in [9.17, 15) is 4.79 Å². The quantitative estimate of drug-likeness (QED) is 0.869. The van der Waals surface area contributed by atoms with Crippen LogP contribution in [0.15, 0.2) is 4.47 Å². The summed E-state index contributed by atoms with van der Waals surface area (Å²) in [7, 11) is 1.54. The number of amides is 1. The highest BCUT2D eigenvalue weighted by atomic mass is 79.9. The van der Waals surface area contributed by atoms with Crippen LogP contribution in [0.3, 0.4) is 0 Å². The standard InChI is InChI=1S/C12H18BrNO3S/c1-6(5-15)7(2)14-12(16)11-10(17-4)9(13)8(3)18-11/h6-7,15H,5H2,1-4H3,(H,14,16). The molecule has 0 aliphatic rings. The van der Waals surface area contributed by atoms with Gasteiger partial charge >= 0.3 is 0 Å². The van der Waals surface area contributed by atoms with E-state index in [0.717, 1.165) is 9.35 Å². The van der Waals surface area contributed by atoms with Crippen LogP contribution in [0.4, 0.5) is 0 Å². The van der Waals surface area contributed by atoms with Gasteiger partial charge in [0.15, 0.2) is 5.75 Å². The van der Waals surface area contributed by atoms with Crippen molar-refractivity contribution in [2.45, 2.75) is 26.8 Å². The molecule has 6 heteroatoms. The number of thiophene rings is 1. The fourth-order valence-electron chi connectivity index (χ4n) is 1.41. The maximum absolute atomic E-state index is 12.1. The van der Waals surface area contributed by atoms with Crippen LogP contribution in [0.25, 0.3) is 0 Å². The molecule has 0 fully saturated rings. The van der Waals surface area contributed by atoms with Gasteiger partial charge in [-0.05, 0) is 35.7 Å². The van der Waals surface area contributed by atoms with Gasteiger partial charge in [0.2, 0.25) is 0 Å². The lowest BCUT2D eigenvalue weighted by molar-refractivity contribution is 0.0917. The van der Waals surface area contributed by atoms with E-state index in [2.05, 4.69) is 21.2 Å². The molecule has 1 heterocycles. The summed E-state index contributed by atoms with van der Waals surface area (Å²) in [6.07, 6.45) is 0. The molecule has 0 radical (unpaired) electrons.